The van der Waals surface area contributed by atoms with Crippen molar-refractivity contribution >= 4 is 17.5 Å². The number of ether oxygens (including phenoxy) is 1. The Morgan fingerprint density at radius 1 is 1.09 bits per heavy atom. The summed E-state index contributed by atoms with van der Waals surface area (Å²) in [7, 11) is 0. The normalized spacial score (nSPS) is 14.9. The summed E-state index contributed by atoms with van der Waals surface area (Å²) in [6.45, 7) is 3.16. The van der Waals surface area contributed by atoms with E-state index in [2.05, 4.69) is 17.1 Å². The van der Waals surface area contributed by atoms with E-state index in [9.17, 15) is 9.90 Å². The second-order valence-electron chi connectivity index (χ2n) is 8.62. The molecule has 0 saturated heterocycles. The largest absolute Gasteiger partial charge is 0.507 e. The van der Waals surface area contributed by atoms with Crippen molar-refractivity contribution in [2.75, 3.05) is 6.54 Å². The molecule has 1 amide bonds. The third-order valence-electron chi connectivity index (χ3n) is 6.25. The molecule has 2 N–H and O–H groups in total. The number of aromatic hydroxyl groups is 1. The molecular weight excluding hydrogens is 462 g/mol. The van der Waals surface area contributed by atoms with Crippen molar-refractivity contribution in [3.8, 4) is 22.8 Å². The number of carbonyl (C=O) groups is 1. The fourth-order valence-corrected chi connectivity index (χ4v) is 4.69. The smallest absolute Gasteiger partial charge is 0.273 e. The third kappa shape index (κ3) is 4.49. The first-order valence-corrected chi connectivity index (χ1v) is 12.1. The summed E-state index contributed by atoms with van der Waals surface area (Å²) in [5, 5.41) is 18.4. The second-order valence-corrected chi connectivity index (χ2v) is 9.06. The number of benzene rings is 3. The van der Waals surface area contributed by atoms with E-state index in [1.165, 1.54) is 6.07 Å². The van der Waals surface area contributed by atoms with Crippen molar-refractivity contribution in [2.45, 2.75) is 32.4 Å². The van der Waals surface area contributed by atoms with Crippen LogP contribution in [0.2, 0.25) is 5.02 Å². The number of carbonyl (C=O) groups excluding carboxylic acids is 1. The van der Waals surface area contributed by atoms with Gasteiger partial charge in [-0.05, 0) is 47.9 Å². The van der Waals surface area contributed by atoms with Gasteiger partial charge in [0.25, 0.3) is 5.91 Å². The number of hydrogen-bond acceptors (Lipinski definition) is 4. The molecule has 7 heteroatoms. The lowest BCUT2D eigenvalue weighted by Crippen LogP contribution is -2.30. The van der Waals surface area contributed by atoms with Crippen LogP contribution in [0, 0.1) is 0 Å². The van der Waals surface area contributed by atoms with Gasteiger partial charge >= 0.3 is 0 Å². The maximum absolute atomic E-state index is 13.4. The van der Waals surface area contributed by atoms with Gasteiger partial charge in [-0.2, -0.15) is 5.10 Å². The van der Waals surface area contributed by atoms with Crippen LogP contribution >= 0.6 is 11.6 Å². The summed E-state index contributed by atoms with van der Waals surface area (Å²) < 4.78 is 6.07. The van der Waals surface area contributed by atoms with Crippen molar-refractivity contribution in [1.29, 1.82) is 0 Å². The Bertz CT molecular complexity index is 1350. The molecule has 2 heterocycles. The van der Waals surface area contributed by atoms with Crippen molar-refractivity contribution in [1.82, 2.24) is 15.1 Å². The Kier molecular flexibility index (Phi) is 6.47. The molecule has 3 aromatic carbocycles. The number of nitrogens with one attached hydrogen (secondary N) is 1. The van der Waals surface area contributed by atoms with Gasteiger partial charge in [0.15, 0.2) is 0 Å². The van der Waals surface area contributed by atoms with Gasteiger partial charge in [-0.1, -0.05) is 67.4 Å². The summed E-state index contributed by atoms with van der Waals surface area (Å²) >= 11 is 6.23. The summed E-state index contributed by atoms with van der Waals surface area (Å²) in [4.78, 5) is 15.3. The Morgan fingerprint density at radius 3 is 2.71 bits per heavy atom. The zero-order valence-corrected chi connectivity index (χ0v) is 20.1. The molecule has 0 radical (unpaired) electrons. The number of H-pyrrole nitrogens is 1. The quantitative estimate of drug-likeness (QED) is 0.303. The Labute approximate surface area is 209 Å². The fourth-order valence-electron chi connectivity index (χ4n) is 4.52. The Morgan fingerprint density at radius 2 is 1.91 bits per heavy atom. The lowest BCUT2D eigenvalue weighted by molar-refractivity contribution is 0.0741. The molecule has 1 atom stereocenters. The van der Waals surface area contributed by atoms with Crippen LogP contribution in [0.25, 0.3) is 11.3 Å². The van der Waals surface area contributed by atoms with Crippen LogP contribution in [0.4, 0.5) is 0 Å². The van der Waals surface area contributed by atoms with E-state index in [-0.39, 0.29) is 17.7 Å². The first kappa shape index (κ1) is 23.0. The SMILES string of the molecule is CCCCN1C(=O)c2[nH]nc(-c3cc(Cl)ccc3O)c2C1c1cccc(OCc2ccccc2)c1. The van der Waals surface area contributed by atoms with Crippen LogP contribution in [0.15, 0.2) is 72.8 Å². The van der Waals surface area contributed by atoms with Crippen molar-refractivity contribution < 1.29 is 14.6 Å². The third-order valence-corrected chi connectivity index (χ3v) is 6.49. The lowest BCUT2D eigenvalue weighted by Gasteiger charge is -2.26. The summed E-state index contributed by atoms with van der Waals surface area (Å²) in [6.07, 6.45) is 1.84. The summed E-state index contributed by atoms with van der Waals surface area (Å²) in [5.41, 5.74) is 4.19. The maximum atomic E-state index is 13.4. The molecule has 178 valence electrons. The molecule has 0 saturated carbocycles. The number of phenolic OH excluding ortho intramolecular Hbond substituents is 1. The minimum absolute atomic E-state index is 0.0573. The molecule has 0 bridgehead atoms. The first-order valence-electron chi connectivity index (χ1n) is 11.7. The van der Waals surface area contributed by atoms with Gasteiger partial charge in [0, 0.05) is 22.7 Å². The minimum Gasteiger partial charge on any atom is -0.507 e. The van der Waals surface area contributed by atoms with Gasteiger partial charge in [-0.3, -0.25) is 9.89 Å². The van der Waals surface area contributed by atoms with Gasteiger partial charge < -0.3 is 14.7 Å². The van der Waals surface area contributed by atoms with Crippen LogP contribution in [0.5, 0.6) is 11.5 Å². The predicted molar refractivity (Wildman–Crippen MR) is 136 cm³/mol. The van der Waals surface area contributed by atoms with Crippen molar-refractivity contribution in [2.24, 2.45) is 0 Å². The maximum Gasteiger partial charge on any atom is 0.273 e. The fraction of sp³-hybridized carbons (Fsp3) is 0.214. The zero-order valence-electron chi connectivity index (χ0n) is 19.4. The van der Waals surface area contributed by atoms with E-state index < -0.39 is 0 Å². The number of halogens is 1. The van der Waals surface area contributed by atoms with E-state index in [1.54, 1.807) is 12.1 Å². The number of amides is 1. The molecule has 1 aromatic heterocycles. The van der Waals surface area contributed by atoms with Gasteiger partial charge in [-0.25, -0.2) is 0 Å². The molecule has 6 nitrogen and oxygen atoms in total. The van der Waals surface area contributed by atoms with E-state index in [4.69, 9.17) is 16.3 Å². The number of phenols is 1. The number of aromatic amines is 1. The van der Waals surface area contributed by atoms with Gasteiger partial charge in [0.05, 0.1) is 6.04 Å². The van der Waals surface area contributed by atoms with Crippen LogP contribution < -0.4 is 4.74 Å². The van der Waals surface area contributed by atoms with Gasteiger partial charge in [0.1, 0.15) is 29.5 Å². The molecule has 0 fully saturated rings. The zero-order chi connectivity index (χ0) is 24.4. The molecule has 1 unspecified atom stereocenters. The van der Waals surface area contributed by atoms with Crippen molar-refractivity contribution in [3.63, 3.8) is 0 Å². The van der Waals surface area contributed by atoms with Gasteiger partial charge in [-0.15, -0.1) is 0 Å². The highest BCUT2D eigenvalue weighted by Gasteiger charge is 2.42. The molecule has 1 aliphatic rings. The standard InChI is InChI=1S/C28H26ClN3O3/c1-2-3-14-32-27(19-10-7-11-21(15-19)35-17-18-8-5-4-6-9-18)24-25(30-31-26(24)28(32)34)22-16-20(29)12-13-23(22)33/h4-13,15-16,27,33H,2-3,14,17H2,1H3,(H,30,31). The number of nitrogens with zero attached hydrogens (tertiary/aromatic N) is 2. The number of unbranched alkanes of at least 4 members (excludes halogenated alkanes) is 1. The van der Waals surface area contributed by atoms with Crippen molar-refractivity contribution in [3.05, 3.63) is 100 Å². The molecule has 0 spiro atoms. The highest BCUT2D eigenvalue weighted by molar-refractivity contribution is 6.31. The second kappa shape index (κ2) is 9.84. The Hall–Kier alpha value is -3.77. The molecule has 5 rings (SSSR count). The highest BCUT2D eigenvalue weighted by Crippen LogP contribution is 2.45. The Balaban J connectivity index is 1.55. The number of fused-ring (bicyclic) bond motifs is 1. The number of hydrogen-bond donors (Lipinski definition) is 2. The van der Waals surface area contributed by atoms with Crippen LogP contribution in [-0.4, -0.2) is 32.7 Å². The van der Waals surface area contributed by atoms with E-state index in [1.807, 2.05) is 59.5 Å². The number of aromatic nitrogens is 2. The van der Waals surface area contributed by atoms with Gasteiger partial charge in [0.2, 0.25) is 0 Å². The minimum atomic E-state index is -0.364. The molecule has 4 aromatic rings. The summed E-state index contributed by atoms with van der Waals surface area (Å²) in [6, 6.07) is 22.3. The predicted octanol–water partition coefficient (Wildman–Crippen LogP) is 6.36. The average Bonchev–Trinajstić information content (AvgIpc) is 3.42. The van der Waals surface area contributed by atoms with E-state index in [0.717, 1.165) is 35.3 Å². The van der Waals surface area contributed by atoms with Crippen LogP contribution in [0.1, 0.15) is 53.0 Å². The van der Waals surface area contributed by atoms with Crippen LogP contribution in [-0.2, 0) is 6.61 Å². The topological polar surface area (TPSA) is 78.5 Å². The monoisotopic (exact) mass is 487 g/mol. The average molecular weight is 488 g/mol. The molecular formula is C28H26ClN3O3. The lowest BCUT2D eigenvalue weighted by atomic mass is 9.95. The summed E-state index contributed by atoms with van der Waals surface area (Å²) in [5.74, 6) is 0.675. The molecule has 0 aliphatic carbocycles. The van der Waals surface area contributed by atoms with E-state index in [0.29, 0.717) is 35.1 Å². The first-order chi connectivity index (χ1) is 17.1. The number of rotatable bonds is 8. The molecule has 35 heavy (non-hydrogen) atoms. The molecule has 1 aliphatic heterocycles. The van der Waals surface area contributed by atoms with Crippen LogP contribution in [0.3, 0.4) is 0 Å². The van der Waals surface area contributed by atoms with E-state index >= 15 is 0 Å². The highest BCUT2D eigenvalue weighted by atomic mass is 35.5.